The molecule has 2 aromatic rings. The van der Waals surface area contributed by atoms with Gasteiger partial charge in [0.05, 0.1) is 17.3 Å². The monoisotopic (exact) mass is 406 g/mol. The highest BCUT2D eigenvalue weighted by molar-refractivity contribution is 6.33. The number of carbonyl (C=O) groups is 2. The van der Waals surface area contributed by atoms with E-state index in [1.807, 2.05) is 20.8 Å². The Morgan fingerprint density at radius 3 is 2.82 bits per heavy atom. The van der Waals surface area contributed by atoms with Crippen LogP contribution in [0.2, 0.25) is 5.02 Å². The van der Waals surface area contributed by atoms with Gasteiger partial charge in [-0.3, -0.25) is 9.48 Å². The Labute approximate surface area is 168 Å². The molecule has 3 rings (SSSR count). The fourth-order valence-electron chi connectivity index (χ4n) is 2.85. The summed E-state index contributed by atoms with van der Waals surface area (Å²) in [5.41, 5.74) is -0.431. The number of rotatable bonds is 3. The lowest BCUT2D eigenvalue weighted by Crippen LogP contribution is -2.35. The smallest absolute Gasteiger partial charge is 0.410 e. The quantitative estimate of drug-likeness (QED) is 0.840. The van der Waals surface area contributed by atoms with Crippen LogP contribution in [0.25, 0.3) is 0 Å². The Balaban J connectivity index is 1.62. The van der Waals surface area contributed by atoms with E-state index in [-0.39, 0.29) is 22.9 Å². The first-order valence-electron chi connectivity index (χ1n) is 8.96. The van der Waals surface area contributed by atoms with Crippen molar-refractivity contribution < 1.29 is 14.3 Å². The van der Waals surface area contributed by atoms with E-state index in [1.165, 1.54) is 6.20 Å². The number of aromatic nitrogens is 4. The summed E-state index contributed by atoms with van der Waals surface area (Å²) in [5, 5.41) is 7.25. The average Bonchev–Trinajstić information content (AvgIpc) is 3.24. The van der Waals surface area contributed by atoms with Crippen molar-refractivity contribution in [3.05, 3.63) is 35.0 Å². The lowest BCUT2D eigenvalue weighted by molar-refractivity contribution is 0.0288. The van der Waals surface area contributed by atoms with Crippen LogP contribution in [0.4, 0.5) is 10.6 Å². The van der Waals surface area contributed by atoms with Crippen LogP contribution in [0.5, 0.6) is 0 Å². The molecule has 1 aliphatic rings. The van der Waals surface area contributed by atoms with Crippen LogP contribution >= 0.6 is 11.6 Å². The molecular weight excluding hydrogens is 384 g/mol. The number of carbonyl (C=O) groups excluding carboxylic acids is 2. The molecule has 1 saturated heterocycles. The van der Waals surface area contributed by atoms with Crippen molar-refractivity contribution in [2.75, 3.05) is 18.4 Å². The summed E-state index contributed by atoms with van der Waals surface area (Å²) in [6, 6.07) is 1.71. The van der Waals surface area contributed by atoms with E-state index in [4.69, 9.17) is 16.3 Å². The fraction of sp³-hybridized carbons (Fsp3) is 0.500. The van der Waals surface area contributed by atoms with Crippen molar-refractivity contribution in [2.45, 2.75) is 45.8 Å². The summed E-state index contributed by atoms with van der Waals surface area (Å²) in [7, 11) is 0. The van der Waals surface area contributed by atoms with Gasteiger partial charge in [-0.25, -0.2) is 14.8 Å². The van der Waals surface area contributed by atoms with Crippen LogP contribution in [0, 0.1) is 6.92 Å². The predicted octanol–water partition coefficient (Wildman–Crippen LogP) is 3.07. The molecule has 28 heavy (non-hydrogen) atoms. The Hall–Kier alpha value is -2.68. The highest BCUT2D eigenvalue weighted by Crippen LogP contribution is 2.24. The molecule has 3 heterocycles. The van der Waals surface area contributed by atoms with Gasteiger partial charge in [0, 0.05) is 25.4 Å². The molecule has 10 heteroatoms. The number of hydrogen-bond acceptors (Lipinski definition) is 6. The molecule has 0 radical (unpaired) electrons. The second-order valence-electron chi connectivity index (χ2n) is 7.62. The first kappa shape index (κ1) is 20.1. The number of nitrogens with zero attached hydrogens (tertiary/aromatic N) is 5. The summed E-state index contributed by atoms with van der Waals surface area (Å²) in [6.07, 6.45) is 3.59. The van der Waals surface area contributed by atoms with Gasteiger partial charge in [-0.15, -0.1) is 0 Å². The molecule has 2 aromatic heterocycles. The van der Waals surface area contributed by atoms with E-state index >= 15 is 0 Å². The molecule has 0 bridgehead atoms. The topological polar surface area (TPSA) is 102 Å². The number of likely N-dealkylation sites (tertiary alicyclic amines) is 1. The molecule has 1 atom stereocenters. The van der Waals surface area contributed by atoms with Gasteiger partial charge in [0.15, 0.2) is 11.5 Å². The third-order valence-corrected chi connectivity index (χ3v) is 4.40. The molecule has 0 saturated carbocycles. The van der Waals surface area contributed by atoms with E-state index in [0.29, 0.717) is 24.7 Å². The molecule has 150 valence electrons. The summed E-state index contributed by atoms with van der Waals surface area (Å²) in [5.74, 6) is 0.379. The van der Waals surface area contributed by atoms with Crippen molar-refractivity contribution >= 4 is 29.4 Å². The van der Waals surface area contributed by atoms with E-state index in [0.717, 1.165) is 6.42 Å². The molecule has 2 amide bonds. The second-order valence-corrected chi connectivity index (χ2v) is 8.02. The standard InChI is InChI=1S/C18H23ClN6O3/c1-11-20-9-13(19)15(21-11)16(26)22-14-6-8-25(23-14)12-5-7-24(10-12)17(27)28-18(2,3)4/h6,8-9,12H,5,7,10H2,1-4H3,(H,22,23,26)/t12-/m0/s1. The van der Waals surface area contributed by atoms with E-state index in [2.05, 4.69) is 20.4 Å². The second kappa shape index (κ2) is 7.75. The zero-order valence-electron chi connectivity index (χ0n) is 16.3. The first-order valence-corrected chi connectivity index (χ1v) is 9.34. The normalized spacial score (nSPS) is 16.9. The van der Waals surface area contributed by atoms with Gasteiger partial charge >= 0.3 is 6.09 Å². The van der Waals surface area contributed by atoms with Gasteiger partial charge in [0.2, 0.25) is 0 Å². The lowest BCUT2D eigenvalue weighted by atomic mass is 10.2. The molecule has 1 N–H and O–H groups in total. The summed E-state index contributed by atoms with van der Waals surface area (Å²) < 4.78 is 7.15. The van der Waals surface area contributed by atoms with Gasteiger partial charge in [-0.05, 0) is 34.1 Å². The zero-order valence-corrected chi connectivity index (χ0v) is 17.0. The minimum absolute atomic E-state index is 0.0167. The maximum atomic E-state index is 12.4. The first-order chi connectivity index (χ1) is 13.1. The number of aryl methyl sites for hydroxylation is 1. The average molecular weight is 407 g/mol. The van der Waals surface area contributed by atoms with Crippen molar-refractivity contribution in [3.63, 3.8) is 0 Å². The molecule has 0 aromatic carbocycles. The fourth-order valence-corrected chi connectivity index (χ4v) is 3.03. The summed E-state index contributed by atoms with van der Waals surface area (Å²) in [4.78, 5) is 34.3. The van der Waals surface area contributed by atoms with Gasteiger partial charge in [-0.1, -0.05) is 11.6 Å². The van der Waals surface area contributed by atoms with Crippen LogP contribution in [0.15, 0.2) is 18.5 Å². The third kappa shape index (κ3) is 4.78. The number of nitrogens with one attached hydrogen (secondary N) is 1. The lowest BCUT2D eigenvalue weighted by Gasteiger charge is -2.24. The minimum Gasteiger partial charge on any atom is -0.444 e. The largest absolute Gasteiger partial charge is 0.444 e. The van der Waals surface area contributed by atoms with Crippen molar-refractivity contribution in [3.8, 4) is 0 Å². The number of hydrogen-bond donors (Lipinski definition) is 1. The number of anilines is 1. The molecule has 0 aliphatic carbocycles. The van der Waals surface area contributed by atoms with Gasteiger partial charge in [0.25, 0.3) is 5.91 Å². The van der Waals surface area contributed by atoms with Crippen LogP contribution in [-0.4, -0.2) is 55.3 Å². The minimum atomic E-state index is -0.529. The Morgan fingerprint density at radius 1 is 1.36 bits per heavy atom. The summed E-state index contributed by atoms with van der Waals surface area (Å²) in [6.45, 7) is 8.29. The van der Waals surface area contributed by atoms with Crippen LogP contribution in [-0.2, 0) is 4.74 Å². The molecule has 1 fully saturated rings. The molecular formula is C18H23ClN6O3. The Morgan fingerprint density at radius 2 is 2.11 bits per heavy atom. The molecule has 1 aliphatic heterocycles. The molecule has 0 unspecified atom stereocenters. The predicted molar refractivity (Wildman–Crippen MR) is 103 cm³/mol. The number of ether oxygens (including phenoxy) is 1. The zero-order chi connectivity index (χ0) is 20.5. The van der Waals surface area contributed by atoms with Crippen LogP contribution in [0.1, 0.15) is 49.5 Å². The highest BCUT2D eigenvalue weighted by atomic mass is 35.5. The van der Waals surface area contributed by atoms with E-state index in [9.17, 15) is 9.59 Å². The third-order valence-electron chi connectivity index (χ3n) is 4.12. The SMILES string of the molecule is Cc1ncc(Cl)c(C(=O)Nc2ccn([C@H]3CCN(C(=O)OC(C)(C)C)C3)n2)n1. The van der Waals surface area contributed by atoms with Gasteiger partial charge < -0.3 is 15.0 Å². The highest BCUT2D eigenvalue weighted by Gasteiger charge is 2.31. The van der Waals surface area contributed by atoms with E-state index < -0.39 is 11.5 Å². The molecule has 9 nitrogen and oxygen atoms in total. The van der Waals surface area contributed by atoms with Crippen molar-refractivity contribution in [2.24, 2.45) is 0 Å². The van der Waals surface area contributed by atoms with Crippen molar-refractivity contribution in [1.29, 1.82) is 0 Å². The number of halogens is 1. The Bertz CT molecular complexity index is 892. The van der Waals surface area contributed by atoms with Gasteiger partial charge in [0.1, 0.15) is 11.4 Å². The van der Waals surface area contributed by atoms with E-state index in [1.54, 1.807) is 28.8 Å². The number of amides is 2. The molecule has 0 spiro atoms. The van der Waals surface area contributed by atoms with Crippen LogP contribution in [0.3, 0.4) is 0 Å². The summed E-state index contributed by atoms with van der Waals surface area (Å²) >= 11 is 6.00. The maximum Gasteiger partial charge on any atom is 0.410 e. The Kier molecular flexibility index (Phi) is 5.55. The van der Waals surface area contributed by atoms with Crippen LogP contribution < -0.4 is 5.32 Å². The van der Waals surface area contributed by atoms with Crippen molar-refractivity contribution in [1.82, 2.24) is 24.6 Å². The maximum absolute atomic E-state index is 12.4. The van der Waals surface area contributed by atoms with Gasteiger partial charge in [-0.2, -0.15) is 5.10 Å².